The zero-order valence-electron chi connectivity index (χ0n) is 10.9. The number of aromatic carboxylic acids is 1. The molecule has 0 unspecified atom stereocenters. The van der Waals surface area contributed by atoms with Crippen LogP contribution in [0.5, 0.6) is 0 Å². The molecule has 1 heterocycles. The molecule has 0 saturated heterocycles. The average molecular weight is 243 g/mol. The van der Waals surface area contributed by atoms with Gasteiger partial charge < -0.3 is 5.11 Å². The maximum atomic E-state index is 11.5. The van der Waals surface area contributed by atoms with E-state index in [1.807, 2.05) is 25.1 Å². The molecule has 3 nitrogen and oxygen atoms in total. The molecule has 2 rings (SSSR count). The molecule has 0 fully saturated rings. The third kappa shape index (κ3) is 2.35. The fourth-order valence-corrected chi connectivity index (χ4v) is 2.19. The maximum absolute atomic E-state index is 11.5. The second-order valence-corrected chi connectivity index (χ2v) is 5.08. The number of carboxylic acids is 1. The Balaban J connectivity index is 2.72. The summed E-state index contributed by atoms with van der Waals surface area (Å²) in [6.07, 6.45) is 2.43. The first kappa shape index (κ1) is 12.6. The minimum absolute atomic E-state index is 0.400. The Bertz CT molecular complexity index is 603. The second kappa shape index (κ2) is 4.77. The minimum atomic E-state index is -0.872. The third-order valence-corrected chi connectivity index (χ3v) is 2.94. The molecule has 94 valence electrons. The minimum Gasteiger partial charge on any atom is -0.478 e. The second-order valence-electron chi connectivity index (χ2n) is 5.08. The van der Waals surface area contributed by atoms with Crippen LogP contribution in [0.15, 0.2) is 24.4 Å². The number of hydrogen-bond acceptors (Lipinski definition) is 2. The summed E-state index contributed by atoms with van der Waals surface area (Å²) in [6.45, 7) is 6.11. The van der Waals surface area contributed by atoms with Crippen molar-refractivity contribution in [3.8, 4) is 0 Å². The van der Waals surface area contributed by atoms with Gasteiger partial charge in [-0.15, -0.1) is 0 Å². The van der Waals surface area contributed by atoms with Gasteiger partial charge in [-0.25, -0.2) is 4.79 Å². The van der Waals surface area contributed by atoms with E-state index < -0.39 is 5.97 Å². The molecule has 1 aromatic heterocycles. The van der Waals surface area contributed by atoms with E-state index >= 15 is 0 Å². The van der Waals surface area contributed by atoms with Crippen LogP contribution in [0.25, 0.3) is 10.9 Å². The highest BCUT2D eigenvalue weighted by Crippen LogP contribution is 2.23. The lowest BCUT2D eigenvalue weighted by Crippen LogP contribution is -2.07. The standard InChI is InChI=1S/C15H17NO2/c1-9(2)6-11-8-16-13-5-4-10(3)7-12(13)14(11)15(17)18/h4-5,7-9H,6H2,1-3H3,(H,17,18). The Hall–Kier alpha value is -1.90. The highest BCUT2D eigenvalue weighted by molar-refractivity contribution is 6.03. The Morgan fingerprint density at radius 2 is 2.11 bits per heavy atom. The lowest BCUT2D eigenvalue weighted by Gasteiger charge is -2.11. The lowest BCUT2D eigenvalue weighted by molar-refractivity contribution is 0.0697. The number of pyridine rings is 1. The number of aromatic nitrogens is 1. The lowest BCUT2D eigenvalue weighted by atomic mass is 9.96. The van der Waals surface area contributed by atoms with E-state index in [4.69, 9.17) is 0 Å². The number of carbonyl (C=O) groups is 1. The van der Waals surface area contributed by atoms with Gasteiger partial charge in [-0.1, -0.05) is 25.5 Å². The number of benzene rings is 1. The maximum Gasteiger partial charge on any atom is 0.336 e. The van der Waals surface area contributed by atoms with Crippen LogP contribution in [0.4, 0.5) is 0 Å². The molecule has 18 heavy (non-hydrogen) atoms. The molecule has 3 heteroatoms. The van der Waals surface area contributed by atoms with E-state index in [0.29, 0.717) is 11.5 Å². The van der Waals surface area contributed by atoms with Gasteiger partial charge in [0, 0.05) is 11.6 Å². The van der Waals surface area contributed by atoms with Crippen molar-refractivity contribution in [1.82, 2.24) is 4.98 Å². The number of aryl methyl sites for hydroxylation is 1. The molecule has 0 spiro atoms. The van der Waals surface area contributed by atoms with Crippen LogP contribution >= 0.6 is 0 Å². The van der Waals surface area contributed by atoms with Gasteiger partial charge in [-0.2, -0.15) is 0 Å². The van der Waals surface area contributed by atoms with Crippen molar-refractivity contribution in [1.29, 1.82) is 0 Å². The fourth-order valence-electron chi connectivity index (χ4n) is 2.19. The van der Waals surface area contributed by atoms with Crippen LogP contribution in [0.2, 0.25) is 0 Å². The van der Waals surface area contributed by atoms with Crippen molar-refractivity contribution in [2.45, 2.75) is 27.2 Å². The number of nitrogens with zero attached hydrogens (tertiary/aromatic N) is 1. The van der Waals surface area contributed by atoms with Crippen molar-refractivity contribution < 1.29 is 9.90 Å². The molecule has 1 aromatic carbocycles. The molecular formula is C15H17NO2. The van der Waals surface area contributed by atoms with Crippen molar-refractivity contribution >= 4 is 16.9 Å². The summed E-state index contributed by atoms with van der Waals surface area (Å²) in [7, 11) is 0. The van der Waals surface area contributed by atoms with E-state index in [-0.39, 0.29) is 0 Å². The number of carboxylic acid groups (broad SMARTS) is 1. The number of hydrogen-bond donors (Lipinski definition) is 1. The SMILES string of the molecule is Cc1ccc2ncc(CC(C)C)c(C(=O)O)c2c1. The van der Waals surface area contributed by atoms with Crippen LogP contribution in [-0.4, -0.2) is 16.1 Å². The summed E-state index contributed by atoms with van der Waals surface area (Å²) in [6, 6.07) is 5.72. The van der Waals surface area contributed by atoms with Crippen molar-refractivity contribution in [3.05, 3.63) is 41.1 Å². The van der Waals surface area contributed by atoms with Crippen LogP contribution in [0, 0.1) is 12.8 Å². The average Bonchev–Trinajstić information content (AvgIpc) is 2.26. The Kier molecular flexibility index (Phi) is 3.32. The third-order valence-electron chi connectivity index (χ3n) is 2.94. The molecule has 0 aliphatic heterocycles. The summed E-state index contributed by atoms with van der Waals surface area (Å²) < 4.78 is 0. The summed E-state index contributed by atoms with van der Waals surface area (Å²) >= 11 is 0. The Morgan fingerprint density at radius 1 is 1.39 bits per heavy atom. The molecule has 0 saturated carbocycles. The molecule has 0 radical (unpaired) electrons. The van der Waals surface area contributed by atoms with Crippen LogP contribution in [-0.2, 0) is 6.42 Å². The highest BCUT2D eigenvalue weighted by Gasteiger charge is 2.16. The fraction of sp³-hybridized carbons (Fsp3) is 0.333. The summed E-state index contributed by atoms with van der Waals surface area (Å²) in [5, 5.41) is 10.2. The van der Waals surface area contributed by atoms with E-state index in [1.54, 1.807) is 6.20 Å². The van der Waals surface area contributed by atoms with Crippen LogP contribution < -0.4 is 0 Å². The van der Waals surface area contributed by atoms with Gasteiger partial charge in [0.15, 0.2) is 0 Å². The predicted molar refractivity (Wildman–Crippen MR) is 72.0 cm³/mol. The van der Waals surface area contributed by atoms with Crippen molar-refractivity contribution in [2.75, 3.05) is 0 Å². The summed E-state index contributed by atoms with van der Waals surface area (Å²) in [5.74, 6) is -0.462. The van der Waals surface area contributed by atoms with E-state index in [2.05, 4.69) is 18.8 Å². The smallest absolute Gasteiger partial charge is 0.336 e. The molecular weight excluding hydrogens is 226 g/mol. The molecule has 0 amide bonds. The van der Waals surface area contributed by atoms with Gasteiger partial charge >= 0.3 is 5.97 Å². The summed E-state index contributed by atoms with van der Waals surface area (Å²) in [4.78, 5) is 15.9. The largest absolute Gasteiger partial charge is 0.478 e. The number of fused-ring (bicyclic) bond motifs is 1. The molecule has 0 bridgehead atoms. The van der Waals surface area contributed by atoms with Gasteiger partial charge in [-0.05, 0) is 37.0 Å². The molecule has 1 N–H and O–H groups in total. The van der Waals surface area contributed by atoms with Crippen molar-refractivity contribution in [2.24, 2.45) is 5.92 Å². The summed E-state index contributed by atoms with van der Waals surface area (Å²) in [5.41, 5.74) is 3.01. The van der Waals surface area contributed by atoms with Crippen molar-refractivity contribution in [3.63, 3.8) is 0 Å². The first-order chi connectivity index (χ1) is 8.49. The van der Waals surface area contributed by atoms with E-state index in [1.165, 1.54) is 0 Å². The Morgan fingerprint density at radius 3 is 2.72 bits per heavy atom. The van der Waals surface area contributed by atoms with E-state index in [9.17, 15) is 9.90 Å². The van der Waals surface area contributed by atoms with Crippen LogP contribution in [0.3, 0.4) is 0 Å². The Labute approximate surface area is 106 Å². The van der Waals surface area contributed by atoms with Gasteiger partial charge in [0.2, 0.25) is 0 Å². The monoisotopic (exact) mass is 243 g/mol. The van der Waals surface area contributed by atoms with Gasteiger partial charge in [-0.3, -0.25) is 4.98 Å². The first-order valence-electron chi connectivity index (χ1n) is 6.10. The first-order valence-corrected chi connectivity index (χ1v) is 6.10. The topological polar surface area (TPSA) is 50.2 Å². The molecule has 0 atom stereocenters. The molecule has 0 aliphatic rings. The van der Waals surface area contributed by atoms with Crippen LogP contribution in [0.1, 0.15) is 35.3 Å². The molecule has 2 aromatic rings. The molecule has 0 aliphatic carbocycles. The van der Waals surface area contributed by atoms with E-state index in [0.717, 1.165) is 28.5 Å². The zero-order valence-corrected chi connectivity index (χ0v) is 10.9. The van der Waals surface area contributed by atoms with Gasteiger partial charge in [0.05, 0.1) is 11.1 Å². The zero-order chi connectivity index (χ0) is 13.3. The number of rotatable bonds is 3. The highest BCUT2D eigenvalue weighted by atomic mass is 16.4. The predicted octanol–water partition coefficient (Wildman–Crippen LogP) is 3.44. The van der Waals surface area contributed by atoms with Gasteiger partial charge in [0.25, 0.3) is 0 Å². The normalized spacial score (nSPS) is 11.1. The van der Waals surface area contributed by atoms with Gasteiger partial charge in [0.1, 0.15) is 0 Å². The quantitative estimate of drug-likeness (QED) is 0.898.